The van der Waals surface area contributed by atoms with Crippen LogP contribution in [0.25, 0.3) is 0 Å². The van der Waals surface area contributed by atoms with Crippen LogP contribution < -0.4 is 19.5 Å². The second kappa shape index (κ2) is 10.0. The number of anilines is 1. The lowest BCUT2D eigenvalue weighted by molar-refractivity contribution is -0.118. The Kier molecular flexibility index (Phi) is 7.45. The molecule has 2 aromatic rings. The lowest BCUT2D eigenvalue weighted by Gasteiger charge is -2.13. The molecule has 0 aliphatic rings. The van der Waals surface area contributed by atoms with Crippen LogP contribution in [0.3, 0.4) is 0 Å². The summed E-state index contributed by atoms with van der Waals surface area (Å²) in [5.41, 5.74) is 0.772. The van der Waals surface area contributed by atoms with Crippen LogP contribution in [0.2, 0.25) is 0 Å². The first-order valence-corrected chi connectivity index (χ1v) is 8.10. The molecule has 0 unspecified atom stereocenters. The van der Waals surface area contributed by atoms with Crippen molar-refractivity contribution in [3.05, 3.63) is 48.0 Å². The Morgan fingerprint density at radius 3 is 2.44 bits per heavy atom. The number of rotatable bonds is 9. The summed E-state index contributed by atoms with van der Waals surface area (Å²) in [6.07, 6.45) is 0. The number of para-hydroxylation sites is 2. The van der Waals surface area contributed by atoms with Gasteiger partial charge in [0.15, 0.2) is 18.1 Å². The van der Waals surface area contributed by atoms with E-state index in [1.807, 2.05) is 0 Å². The number of benzene rings is 2. The van der Waals surface area contributed by atoms with E-state index in [2.05, 4.69) is 5.32 Å². The first-order valence-electron chi connectivity index (χ1n) is 8.10. The van der Waals surface area contributed by atoms with Crippen LogP contribution in [0.4, 0.5) is 5.69 Å². The highest BCUT2D eigenvalue weighted by molar-refractivity contribution is 5.93. The molecule has 0 saturated heterocycles. The summed E-state index contributed by atoms with van der Waals surface area (Å²) < 4.78 is 20.7. The van der Waals surface area contributed by atoms with E-state index in [9.17, 15) is 9.59 Å². The molecule has 0 radical (unpaired) electrons. The first-order chi connectivity index (χ1) is 13.1. The maximum absolute atomic E-state index is 12.1. The summed E-state index contributed by atoms with van der Waals surface area (Å²) in [4.78, 5) is 23.9. The van der Waals surface area contributed by atoms with Gasteiger partial charge in [0.2, 0.25) is 0 Å². The summed E-state index contributed by atoms with van der Waals surface area (Å²) >= 11 is 0. The van der Waals surface area contributed by atoms with Crippen LogP contribution in [0.1, 0.15) is 10.4 Å². The molecule has 0 spiro atoms. The van der Waals surface area contributed by atoms with Gasteiger partial charge >= 0.3 is 5.97 Å². The van der Waals surface area contributed by atoms with Gasteiger partial charge in [-0.05, 0) is 30.3 Å². The highest BCUT2D eigenvalue weighted by atomic mass is 16.5. The fraction of sp³-hybridized carbons (Fsp3) is 0.263. The zero-order valence-electron chi connectivity index (χ0n) is 15.1. The minimum absolute atomic E-state index is 0.0947. The quantitative estimate of drug-likeness (QED) is 0.645. The minimum atomic E-state index is -0.595. The topological polar surface area (TPSA) is 103 Å². The number of aliphatic hydroxyl groups excluding tert-OH is 1. The van der Waals surface area contributed by atoms with E-state index < -0.39 is 5.97 Å². The number of aliphatic hydroxyl groups is 1. The second-order valence-electron chi connectivity index (χ2n) is 5.26. The van der Waals surface area contributed by atoms with Gasteiger partial charge in [-0.1, -0.05) is 12.1 Å². The molecule has 0 aliphatic carbocycles. The summed E-state index contributed by atoms with van der Waals surface area (Å²) in [5.74, 6) is 0.134. The maximum atomic E-state index is 12.1. The van der Waals surface area contributed by atoms with Gasteiger partial charge in [0.1, 0.15) is 12.4 Å². The number of carbonyl (C=O) groups is 2. The van der Waals surface area contributed by atoms with Gasteiger partial charge < -0.3 is 29.4 Å². The molecule has 1 amide bonds. The Hall–Kier alpha value is -3.26. The van der Waals surface area contributed by atoms with E-state index in [1.165, 1.54) is 32.4 Å². The molecular weight excluding hydrogens is 354 g/mol. The molecule has 2 rings (SSSR count). The predicted molar refractivity (Wildman–Crippen MR) is 97.5 cm³/mol. The van der Waals surface area contributed by atoms with Crippen molar-refractivity contribution < 1.29 is 33.6 Å². The Balaban J connectivity index is 2.00. The number of nitrogens with one attached hydrogen (secondary N) is 1. The lowest BCUT2D eigenvalue weighted by Crippen LogP contribution is -2.20. The van der Waals surface area contributed by atoms with Crippen molar-refractivity contribution in [3.8, 4) is 17.2 Å². The van der Waals surface area contributed by atoms with Crippen molar-refractivity contribution >= 4 is 17.6 Å². The van der Waals surface area contributed by atoms with Gasteiger partial charge in [-0.3, -0.25) is 4.79 Å². The molecule has 0 bridgehead atoms. The van der Waals surface area contributed by atoms with Gasteiger partial charge in [0.05, 0.1) is 32.1 Å². The van der Waals surface area contributed by atoms with E-state index in [-0.39, 0.29) is 37.0 Å². The third-order valence-electron chi connectivity index (χ3n) is 3.46. The highest BCUT2D eigenvalue weighted by Gasteiger charge is 2.14. The molecule has 2 N–H and O–H groups in total. The van der Waals surface area contributed by atoms with Crippen LogP contribution >= 0.6 is 0 Å². The smallest absolute Gasteiger partial charge is 0.338 e. The number of carbonyl (C=O) groups excluding carboxylic acids is 2. The average molecular weight is 375 g/mol. The SMILES string of the molecule is COc1ccccc1NC(=O)COc1ccc(C(=O)OCCO)cc1OC. The van der Waals surface area contributed by atoms with Gasteiger partial charge in [0.25, 0.3) is 5.91 Å². The summed E-state index contributed by atoms with van der Waals surface area (Å²) in [5, 5.41) is 11.4. The summed E-state index contributed by atoms with van der Waals surface area (Å²) in [6, 6.07) is 11.4. The van der Waals surface area contributed by atoms with Crippen molar-refractivity contribution in [3.63, 3.8) is 0 Å². The van der Waals surface area contributed by atoms with Crippen LogP contribution in [0.5, 0.6) is 17.2 Å². The van der Waals surface area contributed by atoms with Gasteiger partial charge in [-0.2, -0.15) is 0 Å². The predicted octanol–water partition coefficient (Wildman–Crippen LogP) is 1.87. The Morgan fingerprint density at radius 1 is 1.00 bits per heavy atom. The molecule has 8 heteroatoms. The number of hydrogen-bond acceptors (Lipinski definition) is 7. The fourth-order valence-electron chi connectivity index (χ4n) is 2.21. The van der Waals surface area contributed by atoms with Gasteiger partial charge in [-0.25, -0.2) is 4.79 Å². The molecular formula is C19H21NO7. The number of esters is 1. The standard InChI is InChI=1S/C19H21NO7/c1-24-15-6-4-3-5-14(15)20-18(22)12-27-16-8-7-13(11-17(16)25-2)19(23)26-10-9-21/h3-8,11,21H,9-10,12H2,1-2H3,(H,20,22). The second-order valence-corrected chi connectivity index (χ2v) is 5.26. The number of hydrogen-bond donors (Lipinski definition) is 2. The molecule has 144 valence electrons. The van der Waals surface area contributed by atoms with E-state index in [0.29, 0.717) is 17.2 Å². The van der Waals surface area contributed by atoms with Gasteiger partial charge in [0, 0.05) is 0 Å². The fourth-order valence-corrected chi connectivity index (χ4v) is 2.21. The van der Waals surface area contributed by atoms with Crippen LogP contribution in [-0.2, 0) is 9.53 Å². The number of methoxy groups -OCH3 is 2. The molecule has 8 nitrogen and oxygen atoms in total. The highest BCUT2D eigenvalue weighted by Crippen LogP contribution is 2.28. The molecule has 2 aromatic carbocycles. The molecule has 0 aliphatic heterocycles. The van der Waals surface area contributed by atoms with Crippen LogP contribution in [0, 0.1) is 0 Å². The van der Waals surface area contributed by atoms with Crippen molar-refractivity contribution in [2.24, 2.45) is 0 Å². The normalized spacial score (nSPS) is 10.0. The van der Waals surface area contributed by atoms with E-state index >= 15 is 0 Å². The largest absolute Gasteiger partial charge is 0.495 e. The van der Waals surface area contributed by atoms with Crippen LogP contribution in [0.15, 0.2) is 42.5 Å². The third-order valence-corrected chi connectivity index (χ3v) is 3.46. The minimum Gasteiger partial charge on any atom is -0.495 e. The van der Waals surface area contributed by atoms with Crippen LogP contribution in [-0.4, -0.2) is 51.0 Å². The average Bonchev–Trinajstić information content (AvgIpc) is 2.70. The van der Waals surface area contributed by atoms with E-state index in [0.717, 1.165) is 0 Å². The monoisotopic (exact) mass is 375 g/mol. The molecule has 27 heavy (non-hydrogen) atoms. The Labute approximate surface area is 156 Å². The van der Waals surface area contributed by atoms with Crippen molar-refractivity contribution in [2.75, 3.05) is 39.4 Å². The zero-order chi connectivity index (χ0) is 19.6. The number of ether oxygens (including phenoxy) is 4. The summed E-state index contributed by atoms with van der Waals surface area (Å²) in [6.45, 7) is -0.614. The van der Waals surface area contributed by atoms with E-state index in [4.69, 9.17) is 24.1 Å². The molecule has 0 saturated carbocycles. The Bertz CT molecular complexity index is 791. The molecule has 0 fully saturated rings. The van der Waals surface area contributed by atoms with E-state index in [1.54, 1.807) is 24.3 Å². The van der Waals surface area contributed by atoms with Gasteiger partial charge in [-0.15, -0.1) is 0 Å². The Morgan fingerprint density at radius 2 is 1.74 bits per heavy atom. The first kappa shape index (κ1) is 20.1. The molecule has 0 aromatic heterocycles. The molecule has 0 heterocycles. The summed E-state index contributed by atoms with van der Waals surface area (Å²) in [7, 11) is 2.93. The van der Waals surface area contributed by atoms with Crippen molar-refractivity contribution in [2.45, 2.75) is 0 Å². The maximum Gasteiger partial charge on any atom is 0.338 e. The molecule has 0 atom stereocenters. The third kappa shape index (κ3) is 5.61. The zero-order valence-corrected chi connectivity index (χ0v) is 15.1. The van der Waals surface area contributed by atoms with Crippen molar-refractivity contribution in [1.29, 1.82) is 0 Å². The lowest BCUT2D eigenvalue weighted by atomic mass is 10.2. The van der Waals surface area contributed by atoms with Crippen molar-refractivity contribution in [1.82, 2.24) is 0 Å². The number of amides is 1.